The van der Waals surface area contributed by atoms with Gasteiger partial charge in [0.25, 0.3) is 0 Å². The van der Waals surface area contributed by atoms with Crippen molar-refractivity contribution in [1.82, 2.24) is 0 Å². The van der Waals surface area contributed by atoms with Gasteiger partial charge in [0.05, 0.1) is 0 Å². The number of rotatable bonds is 58. The summed E-state index contributed by atoms with van der Waals surface area (Å²) in [6, 6.07) is 0. The van der Waals surface area contributed by atoms with Crippen molar-refractivity contribution >= 4 is 17.9 Å². The molecule has 6 nitrogen and oxygen atoms in total. The van der Waals surface area contributed by atoms with Gasteiger partial charge < -0.3 is 14.2 Å². The minimum Gasteiger partial charge on any atom is -0.462 e. The van der Waals surface area contributed by atoms with Crippen molar-refractivity contribution in [2.75, 3.05) is 13.2 Å². The first-order chi connectivity index (χ1) is 35.0. The Kier molecular flexibility index (Phi) is 58.2. The molecule has 0 aromatic rings. The summed E-state index contributed by atoms with van der Waals surface area (Å²) in [5, 5.41) is 0. The monoisotopic (exact) mass is 997 g/mol. The van der Waals surface area contributed by atoms with Gasteiger partial charge in [-0.1, -0.05) is 288 Å². The summed E-state index contributed by atoms with van der Waals surface area (Å²) in [6.45, 7) is 6.60. The van der Waals surface area contributed by atoms with E-state index in [4.69, 9.17) is 14.2 Å². The van der Waals surface area contributed by atoms with Crippen LogP contribution in [0, 0.1) is 0 Å². The van der Waals surface area contributed by atoms with Crippen molar-refractivity contribution in [2.45, 2.75) is 348 Å². The number of hydrogen-bond donors (Lipinski definition) is 0. The predicted molar refractivity (Wildman–Crippen MR) is 307 cm³/mol. The van der Waals surface area contributed by atoms with Crippen LogP contribution in [0.4, 0.5) is 0 Å². The Morgan fingerprint density at radius 2 is 0.535 bits per heavy atom. The molecule has 0 spiro atoms. The molecule has 71 heavy (non-hydrogen) atoms. The highest BCUT2D eigenvalue weighted by molar-refractivity contribution is 5.71. The van der Waals surface area contributed by atoms with Crippen LogP contribution in [0.1, 0.15) is 342 Å². The summed E-state index contributed by atoms with van der Waals surface area (Å²) >= 11 is 0. The van der Waals surface area contributed by atoms with Crippen molar-refractivity contribution in [3.8, 4) is 0 Å². The van der Waals surface area contributed by atoms with E-state index in [1.54, 1.807) is 0 Å². The zero-order valence-electron chi connectivity index (χ0n) is 47.8. The quantitative estimate of drug-likeness (QED) is 0.0261. The topological polar surface area (TPSA) is 78.9 Å². The molecule has 0 heterocycles. The van der Waals surface area contributed by atoms with Crippen molar-refractivity contribution in [3.05, 3.63) is 36.5 Å². The average Bonchev–Trinajstić information content (AvgIpc) is 3.37. The first-order valence-corrected chi connectivity index (χ1v) is 31.5. The van der Waals surface area contributed by atoms with Gasteiger partial charge in [0.1, 0.15) is 13.2 Å². The number of hydrogen-bond acceptors (Lipinski definition) is 6. The molecule has 0 bridgehead atoms. The zero-order chi connectivity index (χ0) is 51.4. The minimum absolute atomic E-state index is 0.0735. The van der Waals surface area contributed by atoms with Gasteiger partial charge in [0, 0.05) is 19.3 Å². The molecule has 0 fully saturated rings. The third kappa shape index (κ3) is 58.4. The summed E-state index contributed by atoms with van der Waals surface area (Å²) in [4.78, 5) is 38.1. The highest BCUT2D eigenvalue weighted by Gasteiger charge is 2.19. The van der Waals surface area contributed by atoms with Crippen molar-refractivity contribution < 1.29 is 28.6 Å². The Morgan fingerprint density at radius 3 is 0.845 bits per heavy atom. The maximum Gasteiger partial charge on any atom is 0.306 e. The first-order valence-electron chi connectivity index (χ1n) is 31.5. The molecule has 0 aromatic carbocycles. The molecule has 0 aliphatic rings. The van der Waals surface area contributed by atoms with Crippen molar-refractivity contribution in [1.29, 1.82) is 0 Å². The zero-order valence-corrected chi connectivity index (χ0v) is 47.8. The summed E-state index contributed by atoms with van der Waals surface area (Å²) in [5.74, 6) is -0.870. The van der Waals surface area contributed by atoms with Crippen molar-refractivity contribution in [3.63, 3.8) is 0 Å². The van der Waals surface area contributed by atoms with Crippen LogP contribution in [0.5, 0.6) is 0 Å². The number of unbranched alkanes of at least 4 members (excludes halogenated alkanes) is 41. The molecule has 1 unspecified atom stereocenters. The molecule has 0 aliphatic carbocycles. The molecule has 1 atom stereocenters. The van der Waals surface area contributed by atoms with Crippen LogP contribution in [0.15, 0.2) is 36.5 Å². The summed E-state index contributed by atoms with van der Waals surface area (Å²) in [6.07, 6.45) is 73.1. The van der Waals surface area contributed by atoms with E-state index in [9.17, 15) is 14.4 Å². The lowest BCUT2D eigenvalue weighted by Gasteiger charge is -2.18. The Hall–Kier alpha value is -2.37. The van der Waals surface area contributed by atoms with E-state index in [0.717, 1.165) is 89.9 Å². The second-order valence-electron chi connectivity index (χ2n) is 21.3. The van der Waals surface area contributed by atoms with E-state index in [2.05, 4.69) is 57.2 Å². The second kappa shape index (κ2) is 60.2. The summed E-state index contributed by atoms with van der Waals surface area (Å²) in [5.41, 5.74) is 0. The maximum atomic E-state index is 12.8. The molecular weight excluding hydrogens is 877 g/mol. The molecule has 0 amide bonds. The van der Waals surface area contributed by atoms with E-state index in [1.807, 2.05) is 0 Å². The average molecular weight is 998 g/mol. The van der Waals surface area contributed by atoms with E-state index >= 15 is 0 Å². The van der Waals surface area contributed by atoms with Crippen LogP contribution >= 0.6 is 0 Å². The fraction of sp³-hybridized carbons (Fsp3) is 0.862. The Labute approximate surface area is 442 Å². The van der Waals surface area contributed by atoms with Gasteiger partial charge in [-0.2, -0.15) is 0 Å². The molecule has 0 saturated heterocycles. The lowest BCUT2D eigenvalue weighted by molar-refractivity contribution is -0.167. The van der Waals surface area contributed by atoms with E-state index in [1.165, 1.54) is 212 Å². The second-order valence-corrected chi connectivity index (χ2v) is 21.3. The number of carbonyl (C=O) groups is 3. The van der Waals surface area contributed by atoms with E-state index in [0.29, 0.717) is 19.3 Å². The summed E-state index contributed by atoms with van der Waals surface area (Å²) < 4.78 is 16.9. The van der Waals surface area contributed by atoms with Crippen LogP contribution in [0.2, 0.25) is 0 Å². The van der Waals surface area contributed by atoms with E-state index < -0.39 is 6.10 Å². The van der Waals surface area contributed by atoms with Gasteiger partial charge in [0.2, 0.25) is 0 Å². The van der Waals surface area contributed by atoms with Crippen LogP contribution in [-0.2, 0) is 28.6 Å². The molecule has 0 rings (SSSR count). The smallest absolute Gasteiger partial charge is 0.306 e. The number of carbonyl (C=O) groups excluding carboxylic acids is 3. The normalized spacial score (nSPS) is 12.2. The molecule has 6 heteroatoms. The third-order valence-corrected chi connectivity index (χ3v) is 14.1. The van der Waals surface area contributed by atoms with Gasteiger partial charge in [-0.15, -0.1) is 0 Å². The van der Waals surface area contributed by atoms with Gasteiger partial charge in [0.15, 0.2) is 6.10 Å². The van der Waals surface area contributed by atoms with Crippen LogP contribution in [0.25, 0.3) is 0 Å². The Bertz CT molecular complexity index is 1190. The van der Waals surface area contributed by atoms with Gasteiger partial charge >= 0.3 is 17.9 Å². The highest BCUT2D eigenvalue weighted by Crippen LogP contribution is 2.17. The fourth-order valence-corrected chi connectivity index (χ4v) is 9.36. The van der Waals surface area contributed by atoms with Gasteiger partial charge in [-0.05, 0) is 70.6 Å². The van der Waals surface area contributed by atoms with Crippen LogP contribution < -0.4 is 0 Å². The molecule has 0 aromatic heterocycles. The lowest BCUT2D eigenvalue weighted by Crippen LogP contribution is -2.30. The summed E-state index contributed by atoms with van der Waals surface area (Å²) in [7, 11) is 0. The molecule has 0 saturated carbocycles. The maximum absolute atomic E-state index is 12.8. The minimum atomic E-state index is -0.775. The molecule has 0 aliphatic heterocycles. The van der Waals surface area contributed by atoms with Crippen LogP contribution in [-0.4, -0.2) is 37.2 Å². The van der Waals surface area contributed by atoms with Gasteiger partial charge in [-0.3, -0.25) is 14.4 Å². The van der Waals surface area contributed by atoms with Crippen molar-refractivity contribution in [2.24, 2.45) is 0 Å². The molecule has 416 valence electrons. The van der Waals surface area contributed by atoms with Gasteiger partial charge in [-0.25, -0.2) is 0 Å². The first kappa shape index (κ1) is 68.6. The Morgan fingerprint density at radius 1 is 0.282 bits per heavy atom. The molecular formula is C65H120O6. The highest BCUT2D eigenvalue weighted by atomic mass is 16.6. The SMILES string of the molecule is CCC/C=C\C/C=C\CCCCCCCC(=O)OC(COC(=O)CCCCCCCCCCCCC)COC(=O)CCCCCCCCCCCCCCCCCCC/C=C\CCCCCCCCCC. The number of esters is 3. The standard InChI is InChI=1S/C65H120O6/c1-4-7-10-13-16-19-22-24-25-26-27-28-29-30-31-32-33-34-35-36-37-38-39-41-43-46-49-52-55-58-64(67)70-61-62(60-69-63(66)57-54-51-48-45-42-21-18-15-12-9-6-3)71-65(68)59-56-53-50-47-44-40-23-20-17-14-11-8-5-2/h11,14,20,23,26-27,62H,4-10,12-13,15-19,21-22,24-25,28-61H2,1-3H3/b14-11-,23-20-,27-26-. The predicted octanol–water partition coefficient (Wildman–Crippen LogP) is 21.2. The molecule has 0 radical (unpaired) electrons. The molecule has 0 N–H and O–H groups in total. The Balaban J connectivity index is 4.10. The lowest BCUT2D eigenvalue weighted by atomic mass is 10.0. The van der Waals surface area contributed by atoms with Crippen LogP contribution in [0.3, 0.4) is 0 Å². The number of ether oxygens (including phenoxy) is 3. The largest absolute Gasteiger partial charge is 0.462 e. The number of allylic oxidation sites excluding steroid dienone is 6. The fourth-order valence-electron chi connectivity index (χ4n) is 9.36. The van der Waals surface area contributed by atoms with E-state index in [-0.39, 0.29) is 31.1 Å². The third-order valence-electron chi connectivity index (χ3n) is 14.1.